The normalized spacial score (nSPS) is 25.5. The van der Waals surface area contributed by atoms with E-state index >= 15 is 0 Å². The van der Waals surface area contributed by atoms with Crippen LogP contribution in [0, 0.1) is 0 Å². The lowest BCUT2D eigenvalue weighted by atomic mass is 10.5. The van der Waals surface area contributed by atoms with Gasteiger partial charge in [0, 0.05) is 6.54 Å². The molecule has 2 nitrogen and oxygen atoms in total. The topological polar surface area (TPSA) is 20.3 Å². The Bertz CT molecular complexity index is 160. The molecule has 0 bridgehead atoms. The quantitative estimate of drug-likeness (QED) is 0.498. The fourth-order valence-corrected chi connectivity index (χ4v) is 2.06. The van der Waals surface area contributed by atoms with E-state index in [2.05, 4.69) is 19.2 Å². The number of nitrogens with zero attached hydrogens (tertiary/aromatic N) is 1. The SMILES string of the molecule is C=CCN1C(=O)CSC1S. The molecule has 0 N–H and O–H groups in total. The molecule has 10 heavy (non-hydrogen) atoms. The summed E-state index contributed by atoms with van der Waals surface area (Å²) >= 11 is 5.75. The molecule has 0 spiro atoms. The average molecular weight is 175 g/mol. The largest absolute Gasteiger partial charge is 0.317 e. The number of hydrogen-bond acceptors (Lipinski definition) is 3. The van der Waals surface area contributed by atoms with Crippen LogP contribution in [0.1, 0.15) is 0 Å². The summed E-state index contributed by atoms with van der Waals surface area (Å²) in [6, 6.07) is 0. The fourth-order valence-electron chi connectivity index (χ4n) is 0.773. The van der Waals surface area contributed by atoms with Crippen LogP contribution >= 0.6 is 24.4 Å². The van der Waals surface area contributed by atoms with Crippen molar-refractivity contribution in [1.29, 1.82) is 0 Å². The Morgan fingerprint density at radius 2 is 2.70 bits per heavy atom. The first kappa shape index (κ1) is 8.01. The first-order valence-corrected chi connectivity index (χ1v) is 4.52. The van der Waals surface area contributed by atoms with Gasteiger partial charge >= 0.3 is 0 Å². The summed E-state index contributed by atoms with van der Waals surface area (Å²) in [6.45, 7) is 4.17. The molecule has 1 unspecified atom stereocenters. The minimum absolute atomic E-state index is 0.0329. The van der Waals surface area contributed by atoms with Crippen molar-refractivity contribution in [3.05, 3.63) is 12.7 Å². The maximum atomic E-state index is 11.0. The fraction of sp³-hybridized carbons (Fsp3) is 0.500. The lowest BCUT2D eigenvalue weighted by molar-refractivity contribution is -0.126. The van der Waals surface area contributed by atoms with E-state index in [4.69, 9.17) is 0 Å². The van der Waals surface area contributed by atoms with Gasteiger partial charge in [-0.25, -0.2) is 0 Å². The molecule has 56 valence electrons. The van der Waals surface area contributed by atoms with Crippen LogP contribution < -0.4 is 0 Å². The Balaban J connectivity index is 2.53. The van der Waals surface area contributed by atoms with E-state index in [1.807, 2.05) is 0 Å². The van der Waals surface area contributed by atoms with Gasteiger partial charge in [-0.2, -0.15) is 0 Å². The minimum Gasteiger partial charge on any atom is -0.317 e. The van der Waals surface area contributed by atoms with Gasteiger partial charge < -0.3 is 4.90 Å². The van der Waals surface area contributed by atoms with Gasteiger partial charge in [0.05, 0.1) is 5.75 Å². The van der Waals surface area contributed by atoms with Crippen molar-refractivity contribution in [1.82, 2.24) is 4.90 Å². The second-order valence-electron chi connectivity index (χ2n) is 1.97. The van der Waals surface area contributed by atoms with Crippen LogP contribution in [-0.4, -0.2) is 27.8 Å². The minimum atomic E-state index is 0.0329. The van der Waals surface area contributed by atoms with E-state index < -0.39 is 0 Å². The molecule has 1 aliphatic heterocycles. The van der Waals surface area contributed by atoms with E-state index in [9.17, 15) is 4.79 Å². The molecule has 1 saturated heterocycles. The molecule has 1 amide bonds. The Morgan fingerprint density at radius 1 is 2.00 bits per heavy atom. The lowest BCUT2D eigenvalue weighted by Gasteiger charge is -2.16. The van der Waals surface area contributed by atoms with Crippen LogP contribution in [0.2, 0.25) is 0 Å². The molecule has 4 heteroatoms. The van der Waals surface area contributed by atoms with Crippen molar-refractivity contribution in [2.24, 2.45) is 0 Å². The number of thioether (sulfide) groups is 1. The molecule has 1 rings (SSSR count). The van der Waals surface area contributed by atoms with Crippen LogP contribution in [0.5, 0.6) is 0 Å². The molecule has 0 saturated carbocycles. The molecule has 1 atom stereocenters. The number of thiol groups is 1. The smallest absolute Gasteiger partial charge is 0.234 e. The molecule has 1 heterocycles. The van der Waals surface area contributed by atoms with Gasteiger partial charge in [0.15, 0.2) is 0 Å². The zero-order chi connectivity index (χ0) is 7.56. The van der Waals surface area contributed by atoms with Crippen molar-refractivity contribution in [2.75, 3.05) is 12.3 Å². The number of amides is 1. The van der Waals surface area contributed by atoms with Crippen LogP contribution in [0.4, 0.5) is 0 Å². The van der Waals surface area contributed by atoms with Crippen molar-refractivity contribution < 1.29 is 4.79 Å². The molecule has 0 aromatic rings. The highest BCUT2D eigenvalue weighted by molar-refractivity contribution is 8.11. The third-order valence-electron chi connectivity index (χ3n) is 1.27. The molecular formula is C6H9NOS2. The maximum Gasteiger partial charge on any atom is 0.234 e. The van der Waals surface area contributed by atoms with Gasteiger partial charge in [0.1, 0.15) is 4.71 Å². The van der Waals surface area contributed by atoms with E-state index in [0.717, 1.165) is 0 Å². The van der Waals surface area contributed by atoms with Gasteiger partial charge in [0.2, 0.25) is 5.91 Å². The summed E-state index contributed by atoms with van der Waals surface area (Å²) in [5, 5.41) is 0. The Hall–Kier alpha value is -0.0900. The van der Waals surface area contributed by atoms with E-state index in [1.165, 1.54) is 0 Å². The van der Waals surface area contributed by atoms with Gasteiger partial charge in [-0.1, -0.05) is 6.08 Å². The highest BCUT2D eigenvalue weighted by atomic mass is 32.2. The summed E-state index contributed by atoms with van der Waals surface area (Å²) in [7, 11) is 0. The van der Waals surface area contributed by atoms with Crippen LogP contribution in [0.3, 0.4) is 0 Å². The number of rotatable bonds is 2. The zero-order valence-corrected chi connectivity index (χ0v) is 7.20. The van der Waals surface area contributed by atoms with Gasteiger partial charge in [-0.15, -0.1) is 31.0 Å². The predicted molar refractivity (Wildman–Crippen MR) is 47.1 cm³/mol. The molecular weight excluding hydrogens is 166 g/mol. The number of carbonyl (C=O) groups is 1. The highest BCUT2D eigenvalue weighted by Gasteiger charge is 2.27. The van der Waals surface area contributed by atoms with E-state index in [1.54, 1.807) is 22.7 Å². The molecule has 1 aliphatic rings. The first-order valence-electron chi connectivity index (χ1n) is 2.95. The third-order valence-corrected chi connectivity index (χ3v) is 2.96. The standard InChI is InChI=1S/C6H9NOS2/c1-2-3-7-5(8)4-10-6(7)9/h2,6,9H,1,3-4H2. The van der Waals surface area contributed by atoms with E-state index in [0.29, 0.717) is 12.3 Å². The number of hydrogen-bond donors (Lipinski definition) is 1. The molecule has 0 aliphatic carbocycles. The Kier molecular flexibility index (Phi) is 2.68. The molecule has 0 aromatic heterocycles. The first-order chi connectivity index (χ1) is 4.75. The summed E-state index contributed by atoms with van der Waals surface area (Å²) in [6.07, 6.45) is 1.72. The van der Waals surface area contributed by atoms with Crippen molar-refractivity contribution >= 4 is 30.3 Å². The Morgan fingerprint density at radius 3 is 3.10 bits per heavy atom. The van der Waals surface area contributed by atoms with Gasteiger partial charge in [0.25, 0.3) is 0 Å². The predicted octanol–water partition coefficient (Wildman–Crippen LogP) is 0.961. The second kappa shape index (κ2) is 3.34. The third kappa shape index (κ3) is 1.49. The summed E-state index contributed by atoms with van der Waals surface area (Å²) in [4.78, 5) is 12.7. The maximum absolute atomic E-state index is 11.0. The summed E-state index contributed by atoms with van der Waals surface area (Å²) in [5.74, 6) is 0.715. The molecule has 0 aromatic carbocycles. The van der Waals surface area contributed by atoms with Crippen molar-refractivity contribution in [3.8, 4) is 0 Å². The second-order valence-corrected chi connectivity index (χ2v) is 3.88. The zero-order valence-electron chi connectivity index (χ0n) is 5.49. The highest BCUT2D eigenvalue weighted by Crippen LogP contribution is 2.26. The van der Waals surface area contributed by atoms with Crippen LogP contribution in [-0.2, 0) is 4.79 Å². The van der Waals surface area contributed by atoms with Crippen molar-refractivity contribution in [2.45, 2.75) is 4.71 Å². The summed E-state index contributed by atoms with van der Waals surface area (Å²) in [5.41, 5.74) is 0. The van der Waals surface area contributed by atoms with E-state index in [-0.39, 0.29) is 10.6 Å². The molecule has 0 radical (unpaired) electrons. The monoisotopic (exact) mass is 175 g/mol. The van der Waals surface area contributed by atoms with Gasteiger partial charge in [-0.05, 0) is 0 Å². The summed E-state index contributed by atoms with van der Waals surface area (Å²) < 4.78 is 0.0329. The van der Waals surface area contributed by atoms with Gasteiger partial charge in [-0.3, -0.25) is 4.79 Å². The van der Waals surface area contributed by atoms with Crippen LogP contribution in [0.25, 0.3) is 0 Å². The van der Waals surface area contributed by atoms with Crippen LogP contribution in [0.15, 0.2) is 12.7 Å². The number of carbonyl (C=O) groups excluding carboxylic acids is 1. The Labute approximate surface area is 70.1 Å². The van der Waals surface area contributed by atoms with Crippen molar-refractivity contribution in [3.63, 3.8) is 0 Å². The lowest BCUT2D eigenvalue weighted by Crippen LogP contribution is -2.29. The molecule has 1 fully saturated rings. The average Bonchev–Trinajstić information content (AvgIpc) is 2.20.